The number of aryl methyl sites for hydroxylation is 2. The Balaban J connectivity index is 1.39. The number of carbonyl (C=O) groups is 1. The zero-order valence-corrected chi connectivity index (χ0v) is 26.4. The summed E-state index contributed by atoms with van der Waals surface area (Å²) in [5, 5.41) is 2.79. The first-order valence-corrected chi connectivity index (χ1v) is 16.4. The van der Waals surface area contributed by atoms with Gasteiger partial charge >= 0.3 is 0 Å². The first kappa shape index (κ1) is 33.7. The van der Waals surface area contributed by atoms with Gasteiger partial charge in [0.2, 0.25) is 5.91 Å². The summed E-state index contributed by atoms with van der Waals surface area (Å²) in [6, 6.07) is 19.7. The molecule has 1 heterocycles. The molecule has 0 fully saturated rings. The minimum atomic E-state index is -2.63. The van der Waals surface area contributed by atoms with E-state index in [1.165, 1.54) is 12.2 Å². The van der Waals surface area contributed by atoms with Crippen molar-refractivity contribution in [2.45, 2.75) is 57.4 Å². The summed E-state index contributed by atoms with van der Waals surface area (Å²) in [4.78, 5) is 17.6. The summed E-state index contributed by atoms with van der Waals surface area (Å²) < 4.78 is 51.8. The maximum Gasteiger partial charge on any atom is 0.272 e. The van der Waals surface area contributed by atoms with Gasteiger partial charge in [0, 0.05) is 42.2 Å². The third-order valence-electron chi connectivity index (χ3n) is 6.93. The van der Waals surface area contributed by atoms with Gasteiger partial charge in [-0.1, -0.05) is 38.5 Å². The molecular formula is C35H39F2N3O4S. The molecule has 0 aliphatic rings. The molecular weight excluding hydrogens is 596 g/mol. The van der Waals surface area contributed by atoms with E-state index in [9.17, 15) is 18.1 Å². The van der Waals surface area contributed by atoms with Gasteiger partial charge < -0.3 is 23.9 Å². The Hall–Kier alpha value is -4.15. The Bertz CT molecular complexity index is 1520. The van der Waals surface area contributed by atoms with E-state index in [1.54, 1.807) is 48.8 Å². The second-order valence-corrected chi connectivity index (χ2v) is 12.0. The largest absolute Gasteiger partial charge is 0.611 e. The van der Waals surface area contributed by atoms with Crippen LogP contribution in [0.25, 0.3) is 17.2 Å². The number of amides is 1. The van der Waals surface area contributed by atoms with Crippen molar-refractivity contribution in [3.05, 3.63) is 96.6 Å². The van der Waals surface area contributed by atoms with Crippen molar-refractivity contribution in [1.29, 1.82) is 0 Å². The number of hydrogen-bond acceptors (Lipinski definition) is 5. The van der Waals surface area contributed by atoms with Gasteiger partial charge in [-0.05, 0) is 89.8 Å². The molecule has 10 heteroatoms. The van der Waals surface area contributed by atoms with Crippen LogP contribution in [0.4, 0.5) is 14.5 Å². The highest BCUT2D eigenvalue weighted by molar-refractivity contribution is 7.91. The summed E-state index contributed by atoms with van der Waals surface area (Å²) in [5.41, 5.74) is 3.81. The average Bonchev–Trinajstić information content (AvgIpc) is 3.49. The number of alkyl halides is 2. The van der Waals surface area contributed by atoms with Crippen LogP contribution < -0.4 is 14.8 Å². The Morgan fingerprint density at radius 2 is 1.78 bits per heavy atom. The average molecular weight is 636 g/mol. The number of nitrogens with zero attached hydrogens (tertiary/aromatic N) is 2. The molecule has 238 valence electrons. The van der Waals surface area contributed by atoms with Crippen molar-refractivity contribution in [2.24, 2.45) is 0 Å². The number of aromatic nitrogens is 2. The number of rotatable bonds is 17. The predicted molar refractivity (Wildman–Crippen MR) is 175 cm³/mol. The Morgan fingerprint density at radius 3 is 2.49 bits per heavy atom. The topological polar surface area (TPSA) is 88.4 Å². The fraction of sp³-hybridized carbons (Fsp3) is 0.314. The van der Waals surface area contributed by atoms with Crippen LogP contribution in [0.3, 0.4) is 0 Å². The summed E-state index contributed by atoms with van der Waals surface area (Å²) in [5.74, 6) is 1.07. The van der Waals surface area contributed by atoms with Crippen LogP contribution in [-0.2, 0) is 28.9 Å². The summed E-state index contributed by atoms with van der Waals surface area (Å²) in [6.45, 7) is 4.98. The fourth-order valence-electron chi connectivity index (χ4n) is 4.57. The minimum absolute atomic E-state index is 0.243. The summed E-state index contributed by atoms with van der Waals surface area (Å²) in [6.07, 6.45) is 7.51. The highest BCUT2D eigenvalue weighted by Gasteiger charge is 2.14. The van der Waals surface area contributed by atoms with E-state index in [0.29, 0.717) is 34.9 Å². The number of anilines is 1. The van der Waals surface area contributed by atoms with E-state index in [0.717, 1.165) is 48.4 Å². The maximum absolute atomic E-state index is 12.9. The van der Waals surface area contributed by atoms with Gasteiger partial charge in [0.1, 0.15) is 23.9 Å². The predicted octanol–water partition coefficient (Wildman–Crippen LogP) is 7.79. The SMILES string of the molecule is CCCCOc1ccc(-c2ccc(OCC(F)F)c(/C=C/C(=O)Nc3ccc([S@@+]([O-])CCc4cncn4CCC)cc3)c2)cc1. The smallest absolute Gasteiger partial charge is 0.272 e. The molecule has 1 aromatic heterocycles. The number of halogens is 2. The van der Waals surface area contributed by atoms with Gasteiger partial charge in [-0.25, -0.2) is 13.8 Å². The zero-order chi connectivity index (χ0) is 32.0. The number of benzene rings is 3. The van der Waals surface area contributed by atoms with E-state index < -0.39 is 30.1 Å². The lowest BCUT2D eigenvalue weighted by Gasteiger charge is -2.12. The van der Waals surface area contributed by atoms with Gasteiger partial charge in [0.15, 0.2) is 4.90 Å². The van der Waals surface area contributed by atoms with Gasteiger partial charge in [-0.15, -0.1) is 0 Å². The van der Waals surface area contributed by atoms with Gasteiger partial charge in [0.05, 0.1) is 12.9 Å². The molecule has 0 saturated heterocycles. The van der Waals surface area contributed by atoms with Crippen LogP contribution in [-0.4, -0.2) is 45.4 Å². The van der Waals surface area contributed by atoms with Crippen LogP contribution in [0.5, 0.6) is 11.5 Å². The quantitative estimate of drug-likeness (QED) is 0.0727. The normalized spacial score (nSPS) is 12.0. The first-order chi connectivity index (χ1) is 21.9. The Morgan fingerprint density at radius 1 is 1.02 bits per heavy atom. The van der Waals surface area contributed by atoms with E-state index in [1.807, 2.05) is 30.5 Å². The Kier molecular flexibility index (Phi) is 13.0. The molecule has 0 spiro atoms. The molecule has 0 radical (unpaired) electrons. The van der Waals surface area contributed by atoms with Crippen molar-refractivity contribution in [3.8, 4) is 22.6 Å². The second kappa shape index (κ2) is 17.4. The van der Waals surface area contributed by atoms with Crippen molar-refractivity contribution >= 4 is 28.8 Å². The standard InChI is InChI=1S/C35H39F2N3O4S/c1-3-5-20-43-31-12-6-26(7-13-31)27-8-16-33(44-24-34(36)37)28(22-27)9-17-35(41)39-29-10-14-32(15-11-29)45(42)21-18-30-23-38-25-40(30)19-4-2/h6-17,22-23,25,34H,3-5,18-21,24H2,1-2H3,(H,39,41)/b17-9+/t45-/m0/s1. The maximum atomic E-state index is 12.9. The van der Waals surface area contributed by atoms with E-state index in [-0.39, 0.29) is 5.75 Å². The molecule has 0 aliphatic carbocycles. The molecule has 3 aromatic carbocycles. The molecule has 1 N–H and O–H groups in total. The molecule has 0 bridgehead atoms. The zero-order valence-electron chi connectivity index (χ0n) is 25.6. The van der Waals surface area contributed by atoms with Crippen LogP contribution in [0.1, 0.15) is 44.4 Å². The molecule has 1 amide bonds. The summed E-state index contributed by atoms with van der Waals surface area (Å²) >= 11 is -1.20. The van der Waals surface area contributed by atoms with Crippen molar-refractivity contribution in [2.75, 3.05) is 24.3 Å². The number of nitrogens with one attached hydrogen (secondary N) is 1. The minimum Gasteiger partial charge on any atom is -0.611 e. The highest BCUT2D eigenvalue weighted by atomic mass is 32.2. The van der Waals surface area contributed by atoms with Crippen LogP contribution in [0.2, 0.25) is 0 Å². The highest BCUT2D eigenvalue weighted by Crippen LogP contribution is 2.29. The van der Waals surface area contributed by atoms with Gasteiger partial charge in [0.25, 0.3) is 6.43 Å². The summed E-state index contributed by atoms with van der Waals surface area (Å²) in [7, 11) is 0. The van der Waals surface area contributed by atoms with Crippen molar-refractivity contribution in [3.63, 3.8) is 0 Å². The third-order valence-corrected chi connectivity index (χ3v) is 8.31. The molecule has 4 aromatic rings. The second-order valence-electron chi connectivity index (χ2n) is 10.4. The lowest BCUT2D eigenvalue weighted by atomic mass is 10.0. The van der Waals surface area contributed by atoms with Gasteiger partial charge in [-0.2, -0.15) is 0 Å². The lowest BCUT2D eigenvalue weighted by molar-refractivity contribution is -0.111. The van der Waals surface area contributed by atoms with Crippen LogP contribution >= 0.6 is 0 Å². The molecule has 0 aliphatic heterocycles. The molecule has 1 atom stereocenters. The fourth-order valence-corrected chi connectivity index (χ4v) is 5.64. The number of imidazole rings is 1. The van der Waals surface area contributed by atoms with Crippen molar-refractivity contribution < 1.29 is 27.6 Å². The molecule has 4 rings (SSSR count). The van der Waals surface area contributed by atoms with E-state index in [2.05, 4.69) is 28.7 Å². The van der Waals surface area contributed by atoms with E-state index in [4.69, 9.17) is 9.47 Å². The first-order valence-electron chi connectivity index (χ1n) is 15.1. The molecule has 0 unspecified atom stereocenters. The van der Waals surface area contributed by atoms with Crippen LogP contribution in [0, 0.1) is 0 Å². The monoisotopic (exact) mass is 635 g/mol. The van der Waals surface area contributed by atoms with Crippen molar-refractivity contribution in [1.82, 2.24) is 9.55 Å². The number of hydrogen-bond donors (Lipinski definition) is 1. The third kappa shape index (κ3) is 10.5. The molecule has 45 heavy (non-hydrogen) atoms. The molecule has 0 saturated carbocycles. The number of carbonyl (C=O) groups excluding carboxylic acids is 1. The van der Waals surface area contributed by atoms with E-state index >= 15 is 0 Å². The van der Waals surface area contributed by atoms with Crippen LogP contribution in [0.15, 0.2) is 90.2 Å². The van der Waals surface area contributed by atoms with Gasteiger partial charge in [-0.3, -0.25) is 4.79 Å². The number of ether oxygens (including phenoxy) is 2. The molecule has 7 nitrogen and oxygen atoms in total. The lowest BCUT2D eigenvalue weighted by Crippen LogP contribution is -2.12. The Labute approximate surface area is 266 Å². The number of unbranched alkanes of at least 4 members (excludes halogenated alkanes) is 1.